The van der Waals surface area contributed by atoms with Crippen molar-refractivity contribution in [3.8, 4) is 0 Å². The van der Waals surface area contributed by atoms with Gasteiger partial charge in [-0.2, -0.15) is 0 Å². The summed E-state index contributed by atoms with van der Waals surface area (Å²) in [6.45, 7) is 0.611. The molecule has 132 valence electrons. The minimum atomic E-state index is -0.548. The number of carbonyl (C=O) groups is 4. The van der Waals surface area contributed by atoms with E-state index in [1.807, 2.05) is 0 Å². The number of rotatable bonds is 4. The molecule has 25 heavy (non-hydrogen) atoms. The Kier molecular flexibility index (Phi) is 5.17. The molecule has 0 aliphatic carbocycles. The first-order valence-electron chi connectivity index (χ1n) is 8.20. The highest BCUT2D eigenvalue weighted by atomic mass is 79.9. The van der Waals surface area contributed by atoms with Crippen LogP contribution in [-0.2, 0) is 9.59 Å². The third-order valence-electron chi connectivity index (χ3n) is 4.37. The van der Waals surface area contributed by atoms with E-state index in [2.05, 4.69) is 26.6 Å². The van der Waals surface area contributed by atoms with E-state index < -0.39 is 17.9 Å². The highest BCUT2D eigenvalue weighted by Crippen LogP contribution is 2.26. The number of amides is 4. The van der Waals surface area contributed by atoms with Crippen LogP contribution in [0.25, 0.3) is 0 Å². The lowest BCUT2D eigenvalue weighted by Gasteiger charge is -2.17. The molecule has 0 spiro atoms. The minimum absolute atomic E-state index is 0.00978. The second-order valence-corrected chi connectivity index (χ2v) is 7.02. The first kappa shape index (κ1) is 17.6. The zero-order valence-corrected chi connectivity index (χ0v) is 15.1. The van der Waals surface area contributed by atoms with Crippen molar-refractivity contribution >= 4 is 39.6 Å². The molecule has 8 heteroatoms. The molecular formula is C17H18BrN3O4. The molecule has 1 fully saturated rings. The van der Waals surface area contributed by atoms with Crippen molar-refractivity contribution in [1.82, 2.24) is 15.5 Å². The van der Waals surface area contributed by atoms with Gasteiger partial charge in [-0.1, -0.05) is 15.9 Å². The number of nitrogens with one attached hydrogen (secondary N) is 2. The largest absolute Gasteiger partial charge is 0.354 e. The molecule has 0 saturated carbocycles. The minimum Gasteiger partial charge on any atom is -0.354 e. The van der Waals surface area contributed by atoms with E-state index in [0.29, 0.717) is 28.6 Å². The molecule has 1 aromatic carbocycles. The predicted molar refractivity (Wildman–Crippen MR) is 92.9 cm³/mol. The van der Waals surface area contributed by atoms with Crippen LogP contribution in [0.3, 0.4) is 0 Å². The van der Waals surface area contributed by atoms with Crippen LogP contribution in [0.1, 0.15) is 46.4 Å². The van der Waals surface area contributed by atoms with Gasteiger partial charge >= 0.3 is 0 Å². The smallest absolute Gasteiger partial charge is 0.261 e. The SMILES string of the molecule is O=C(CCN1C(=O)c2ccc(Br)cc2C1=O)N[C@@H]1CCCCNC1=O. The van der Waals surface area contributed by atoms with Gasteiger partial charge in [-0.05, 0) is 37.5 Å². The maximum atomic E-state index is 12.3. The van der Waals surface area contributed by atoms with Crippen LogP contribution in [0.2, 0.25) is 0 Å². The van der Waals surface area contributed by atoms with Crippen LogP contribution in [0.4, 0.5) is 0 Å². The lowest BCUT2D eigenvalue weighted by molar-refractivity contribution is -0.128. The van der Waals surface area contributed by atoms with Crippen LogP contribution in [0.5, 0.6) is 0 Å². The molecule has 0 radical (unpaired) electrons. The number of hydrogen-bond donors (Lipinski definition) is 2. The molecule has 2 aliphatic heterocycles. The monoisotopic (exact) mass is 407 g/mol. The van der Waals surface area contributed by atoms with E-state index in [4.69, 9.17) is 0 Å². The molecule has 4 amide bonds. The third-order valence-corrected chi connectivity index (χ3v) is 4.86. The Hall–Kier alpha value is -2.22. The van der Waals surface area contributed by atoms with Crippen molar-refractivity contribution in [3.63, 3.8) is 0 Å². The molecular weight excluding hydrogens is 390 g/mol. The summed E-state index contributed by atoms with van der Waals surface area (Å²) in [5.74, 6) is -1.33. The lowest BCUT2D eigenvalue weighted by atomic mass is 10.1. The summed E-state index contributed by atoms with van der Waals surface area (Å²) in [7, 11) is 0. The van der Waals surface area contributed by atoms with Gasteiger partial charge in [0.2, 0.25) is 11.8 Å². The summed E-state index contributed by atoms with van der Waals surface area (Å²) in [6, 6.07) is 4.35. The Morgan fingerprint density at radius 2 is 1.96 bits per heavy atom. The number of benzene rings is 1. The van der Waals surface area contributed by atoms with Crippen LogP contribution in [0, 0.1) is 0 Å². The zero-order valence-electron chi connectivity index (χ0n) is 13.5. The number of hydrogen-bond acceptors (Lipinski definition) is 4. The van der Waals surface area contributed by atoms with Gasteiger partial charge in [0.25, 0.3) is 11.8 Å². The lowest BCUT2D eigenvalue weighted by Crippen LogP contribution is -2.46. The first-order chi connectivity index (χ1) is 12.0. The standard InChI is InChI=1S/C17H18BrN3O4/c18-10-4-5-11-12(9-10)17(25)21(16(11)24)8-6-14(22)20-13-3-1-2-7-19-15(13)23/h4-5,9,13H,1-3,6-8H2,(H,19,23)(H,20,22)/t13-/m1/s1. The summed E-state index contributed by atoms with van der Waals surface area (Å²) in [5, 5.41) is 5.44. The fourth-order valence-electron chi connectivity index (χ4n) is 3.02. The molecule has 3 rings (SSSR count). The van der Waals surface area contributed by atoms with Crippen molar-refractivity contribution in [2.24, 2.45) is 0 Å². The zero-order chi connectivity index (χ0) is 18.0. The number of imide groups is 1. The predicted octanol–water partition coefficient (Wildman–Crippen LogP) is 1.22. The fourth-order valence-corrected chi connectivity index (χ4v) is 3.38. The number of nitrogens with zero attached hydrogens (tertiary/aromatic N) is 1. The number of carbonyl (C=O) groups excluding carboxylic acids is 4. The van der Waals surface area contributed by atoms with Gasteiger partial charge in [-0.3, -0.25) is 24.1 Å². The van der Waals surface area contributed by atoms with E-state index in [9.17, 15) is 19.2 Å². The molecule has 1 atom stereocenters. The molecule has 0 aromatic heterocycles. The van der Waals surface area contributed by atoms with Crippen molar-refractivity contribution in [2.75, 3.05) is 13.1 Å². The molecule has 1 saturated heterocycles. The Morgan fingerprint density at radius 1 is 1.20 bits per heavy atom. The van der Waals surface area contributed by atoms with Gasteiger partial charge in [-0.25, -0.2) is 0 Å². The fraction of sp³-hybridized carbons (Fsp3) is 0.412. The summed E-state index contributed by atoms with van der Waals surface area (Å²) < 4.78 is 0.714. The van der Waals surface area contributed by atoms with Gasteiger partial charge in [0.1, 0.15) is 6.04 Å². The highest BCUT2D eigenvalue weighted by Gasteiger charge is 2.35. The molecule has 0 unspecified atom stereocenters. The van der Waals surface area contributed by atoms with Gasteiger partial charge < -0.3 is 10.6 Å². The average molecular weight is 408 g/mol. The molecule has 1 aromatic rings. The third kappa shape index (κ3) is 3.73. The Balaban J connectivity index is 1.58. The summed E-state index contributed by atoms with van der Waals surface area (Å²) in [6.07, 6.45) is 2.31. The molecule has 0 bridgehead atoms. The molecule has 7 nitrogen and oxygen atoms in total. The number of halogens is 1. The second-order valence-electron chi connectivity index (χ2n) is 6.11. The second kappa shape index (κ2) is 7.35. The van der Waals surface area contributed by atoms with E-state index in [-0.39, 0.29) is 24.8 Å². The van der Waals surface area contributed by atoms with Crippen LogP contribution in [0.15, 0.2) is 22.7 Å². The van der Waals surface area contributed by atoms with Crippen LogP contribution in [-0.4, -0.2) is 47.7 Å². The van der Waals surface area contributed by atoms with Crippen molar-refractivity contribution in [1.29, 1.82) is 0 Å². The Bertz CT molecular complexity index is 749. The van der Waals surface area contributed by atoms with Gasteiger partial charge in [0.15, 0.2) is 0 Å². The summed E-state index contributed by atoms with van der Waals surface area (Å²) in [5.41, 5.74) is 0.680. The topological polar surface area (TPSA) is 95.6 Å². The van der Waals surface area contributed by atoms with Crippen molar-refractivity contribution in [3.05, 3.63) is 33.8 Å². The van der Waals surface area contributed by atoms with Crippen LogP contribution >= 0.6 is 15.9 Å². The van der Waals surface area contributed by atoms with E-state index >= 15 is 0 Å². The van der Waals surface area contributed by atoms with Gasteiger partial charge in [0.05, 0.1) is 11.1 Å². The molecule has 2 aliphatic rings. The Morgan fingerprint density at radius 3 is 2.76 bits per heavy atom. The Labute approximate surface area is 153 Å². The van der Waals surface area contributed by atoms with E-state index in [1.165, 1.54) is 0 Å². The van der Waals surface area contributed by atoms with E-state index in [0.717, 1.165) is 17.7 Å². The average Bonchev–Trinajstić information content (AvgIpc) is 2.71. The van der Waals surface area contributed by atoms with Gasteiger partial charge in [0, 0.05) is 24.0 Å². The molecule has 2 N–H and O–H groups in total. The normalized spacial score (nSPS) is 20.1. The molecule has 2 heterocycles. The van der Waals surface area contributed by atoms with Crippen LogP contribution < -0.4 is 10.6 Å². The summed E-state index contributed by atoms with van der Waals surface area (Å²) in [4.78, 5) is 49.7. The van der Waals surface area contributed by atoms with Crippen molar-refractivity contribution < 1.29 is 19.2 Å². The quantitative estimate of drug-likeness (QED) is 0.733. The van der Waals surface area contributed by atoms with Crippen molar-refractivity contribution in [2.45, 2.75) is 31.7 Å². The van der Waals surface area contributed by atoms with E-state index in [1.54, 1.807) is 18.2 Å². The maximum Gasteiger partial charge on any atom is 0.261 e. The summed E-state index contributed by atoms with van der Waals surface area (Å²) >= 11 is 3.28. The highest BCUT2D eigenvalue weighted by molar-refractivity contribution is 9.10. The first-order valence-corrected chi connectivity index (χ1v) is 8.99. The van der Waals surface area contributed by atoms with Gasteiger partial charge in [-0.15, -0.1) is 0 Å². The number of fused-ring (bicyclic) bond motifs is 1. The maximum absolute atomic E-state index is 12.3.